The first kappa shape index (κ1) is 30.0. The van der Waals surface area contributed by atoms with E-state index in [0.29, 0.717) is 34.6 Å². The summed E-state index contributed by atoms with van der Waals surface area (Å²) in [5.41, 5.74) is 1.06. The topological polar surface area (TPSA) is 138 Å². The Morgan fingerprint density at radius 1 is 1.05 bits per heavy atom. The van der Waals surface area contributed by atoms with Crippen LogP contribution in [0.25, 0.3) is 17.2 Å². The van der Waals surface area contributed by atoms with Gasteiger partial charge < -0.3 is 24.0 Å². The molecule has 0 spiro atoms. The van der Waals surface area contributed by atoms with E-state index in [9.17, 15) is 17.9 Å². The van der Waals surface area contributed by atoms with Crippen molar-refractivity contribution in [2.24, 2.45) is 0 Å². The average Bonchev–Trinajstić information content (AvgIpc) is 3.38. The Bertz CT molecular complexity index is 1670. The Labute approximate surface area is 239 Å². The second-order valence-electron chi connectivity index (χ2n) is 8.66. The van der Waals surface area contributed by atoms with E-state index >= 15 is 0 Å². The molecule has 2 N–H and O–H groups in total. The first-order valence-electron chi connectivity index (χ1n) is 12.2. The van der Waals surface area contributed by atoms with Gasteiger partial charge in [0.05, 0.1) is 32.3 Å². The number of hydrogen-bond donors (Lipinski definition) is 2. The Morgan fingerprint density at radius 3 is 2.34 bits per heavy atom. The second kappa shape index (κ2) is 12.7. The molecule has 4 rings (SSSR count). The molecule has 0 fully saturated rings. The number of methoxy groups -OCH3 is 3. The van der Waals surface area contributed by atoms with Crippen molar-refractivity contribution in [1.29, 1.82) is 0 Å². The Morgan fingerprint density at radius 2 is 1.73 bits per heavy atom. The summed E-state index contributed by atoms with van der Waals surface area (Å²) in [6, 6.07) is 13.9. The molecule has 41 heavy (non-hydrogen) atoms. The van der Waals surface area contributed by atoms with Crippen molar-refractivity contribution >= 4 is 31.8 Å². The van der Waals surface area contributed by atoms with Gasteiger partial charge in [0, 0.05) is 23.6 Å². The monoisotopic (exact) mass is 603 g/mol. The molecule has 2 atom stereocenters. The lowest BCUT2D eigenvalue weighted by Crippen LogP contribution is -2.13. The third-order valence-corrected chi connectivity index (χ3v) is 8.87. The van der Waals surface area contributed by atoms with Crippen LogP contribution in [0.4, 0.5) is 10.3 Å². The zero-order valence-electron chi connectivity index (χ0n) is 23.0. The van der Waals surface area contributed by atoms with Crippen LogP contribution in [0, 0.1) is 5.82 Å². The van der Waals surface area contributed by atoms with E-state index < -0.39 is 32.4 Å². The third kappa shape index (κ3) is 6.50. The normalized spacial score (nSPS) is 13.0. The molecule has 11 nitrogen and oxygen atoms in total. The van der Waals surface area contributed by atoms with Gasteiger partial charge in [-0.25, -0.2) is 17.8 Å². The SMILES string of the molecule is C/C=S(\C[C@H](O)c1ccc(F)cc1S(C)(=O)=O)Nc1nnc(-c2cccc(OC)n2)n1-c1c(OC)cccc1OC. The van der Waals surface area contributed by atoms with Crippen molar-refractivity contribution in [3.63, 3.8) is 0 Å². The number of aliphatic hydroxyl groups excluding tert-OH is 1. The quantitative estimate of drug-likeness (QED) is 0.242. The van der Waals surface area contributed by atoms with E-state index in [1.807, 2.05) is 5.37 Å². The van der Waals surface area contributed by atoms with Crippen LogP contribution in [0.2, 0.25) is 0 Å². The summed E-state index contributed by atoms with van der Waals surface area (Å²) >= 11 is 0. The minimum absolute atomic E-state index is 0.0628. The highest BCUT2D eigenvalue weighted by Crippen LogP contribution is 2.39. The molecule has 218 valence electrons. The number of hydrogen-bond acceptors (Lipinski definition) is 10. The lowest BCUT2D eigenvalue weighted by molar-refractivity contribution is 0.200. The van der Waals surface area contributed by atoms with Gasteiger partial charge in [0.25, 0.3) is 0 Å². The summed E-state index contributed by atoms with van der Waals surface area (Å²) in [6.45, 7) is 1.79. The maximum Gasteiger partial charge on any atom is 0.239 e. The first-order chi connectivity index (χ1) is 19.6. The largest absolute Gasteiger partial charge is 0.494 e. The molecule has 4 aromatic rings. The lowest BCUT2D eigenvalue weighted by Gasteiger charge is -2.20. The fourth-order valence-electron chi connectivity index (χ4n) is 4.11. The molecular formula is C27H30FN5O6S2. The summed E-state index contributed by atoms with van der Waals surface area (Å²) in [4.78, 5) is 4.25. The maximum absolute atomic E-state index is 13.9. The van der Waals surface area contributed by atoms with Crippen LogP contribution in [0.15, 0.2) is 59.5 Å². The molecule has 0 aliphatic rings. The number of sulfone groups is 1. The molecule has 2 heterocycles. The zero-order chi connectivity index (χ0) is 29.7. The molecule has 0 bridgehead atoms. The van der Waals surface area contributed by atoms with E-state index in [4.69, 9.17) is 14.2 Å². The van der Waals surface area contributed by atoms with Crippen LogP contribution >= 0.6 is 10.7 Å². The summed E-state index contributed by atoms with van der Waals surface area (Å²) in [6.07, 6.45) is -0.261. The van der Waals surface area contributed by atoms with E-state index in [1.165, 1.54) is 27.4 Å². The predicted octanol–water partition coefficient (Wildman–Crippen LogP) is 4.05. The zero-order valence-corrected chi connectivity index (χ0v) is 24.7. The van der Waals surface area contributed by atoms with Crippen molar-refractivity contribution in [2.45, 2.75) is 17.9 Å². The van der Waals surface area contributed by atoms with Crippen molar-refractivity contribution in [3.05, 3.63) is 66.0 Å². The van der Waals surface area contributed by atoms with Crippen LogP contribution in [-0.2, 0) is 9.84 Å². The number of benzene rings is 2. The molecule has 1 unspecified atom stereocenters. The number of pyridine rings is 1. The number of nitrogens with one attached hydrogen (secondary N) is 1. The summed E-state index contributed by atoms with van der Waals surface area (Å²) in [5.74, 6) is 1.31. The molecule has 0 aliphatic heterocycles. The summed E-state index contributed by atoms with van der Waals surface area (Å²) in [7, 11) is -0.0890. The van der Waals surface area contributed by atoms with Gasteiger partial charge in [-0.2, -0.15) is 0 Å². The van der Waals surface area contributed by atoms with Gasteiger partial charge in [-0.15, -0.1) is 10.2 Å². The van der Waals surface area contributed by atoms with E-state index in [2.05, 4.69) is 19.9 Å². The molecule has 0 saturated carbocycles. The van der Waals surface area contributed by atoms with Gasteiger partial charge in [0.15, 0.2) is 15.7 Å². The molecule has 0 amide bonds. The van der Waals surface area contributed by atoms with Crippen LogP contribution in [0.3, 0.4) is 0 Å². The van der Waals surface area contributed by atoms with Gasteiger partial charge in [-0.05, 0) is 42.6 Å². The highest BCUT2D eigenvalue weighted by Gasteiger charge is 2.25. The minimum Gasteiger partial charge on any atom is -0.494 e. The molecule has 0 aliphatic carbocycles. The fourth-order valence-corrected chi connectivity index (χ4v) is 6.35. The molecule has 0 saturated heterocycles. The van der Waals surface area contributed by atoms with E-state index in [1.54, 1.807) is 47.9 Å². The lowest BCUT2D eigenvalue weighted by atomic mass is 10.1. The van der Waals surface area contributed by atoms with Crippen LogP contribution < -0.4 is 18.9 Å². The molecule has 0 radical (unpaired) electrons. The Kier molecular flexibility index (Phi) is 9.25. The van der Waals surface area contributed by atoms with Gasteiger partial charge in [-0.1, -0.05) is 28.9 Å². The van der Waals surface area contributed by atoms with Gasteiger partial charge >= 0.3 is 0 Å². The predicted molar refractivity (Wildman–Crippen MR) is 157 cm³/mol. The van der Waals surface area contributed by atoms with Crippen molar-refractivity contribution in [3.8, 4) is 34.6 Å². The van der Waals surface area contributed by atoms with Crippen molar-refractivity contribution in [1.82, 2.24) is 19.7 Å². The smallest absolute Gasteiger partial charge is 0.239 e. The molecule has 2 aromatic carbocycles. The van der Waals surface area contributed by atoms with Crippen molar-refractivity contribution in [2.75, 3.05) is 38.1 Å². The van der Waals surface area contributed by atoms with Gasteiger partial charge in [0.1, 0.15) is 28.7 Å². The minimum atomic E-state index is -3.79. The van der Waals surface area contributed by atoms with E-state index in [0.717, 1.165) is 18.4 Å². The third-order valence-electron chi connectivity index (χ3n) is 6.03. The first-order valence-corrected chi connectivity index (χ1v) is 15.6. The number of ether oxygens (including phenoxy) is 3. The number of aromatic nitrogens is 4. The molecule has 2 aromatic heterocycles. The molecular weight excluding hydrogens is 573 g/mol. The highest BCUT2D eigenvalue weighted by atomic mass is 32.2. The number of anilines is 1. The summed E-state index contributed by atoms with van der Waals surface area (Å²) in [5, 5.41) is 21.7. The van der Waals surface area contributed by atoms with Crippen LogP contribution in [0.5, 0.6) is 17.4 Å². The van der Waals surface area contributed by atoms with E-state index in [-0.39, 0.29) is 22.2 Å². The Hall–Kier alpha value is -4.01. The standard InChI is InChI=1S/C27H30FN5O6S2/c1-6-40(16-20(34)18-14-13-17(28)15-23(18)41(5,35)36)32-27-31-30-26(19-9-7-12-24(29-19)39-4)33(27)25-21(37-2)10-8-11-22(25)38-3/h6-15,20,34H,16H2,1-5H3,(H,31,32)/t20-,40?/m0/s1. The number of aliphatic hydroxyl groups is 1. The number of nitrogens with zero attached hydrogens (tertiary/aromatic N) is 4. The van der Waals surface area contributed by atoms with Gasteiger partial charge in [-0.3, -0.25) is 4.57 Å². The van der Waals surface area contributed by atoms with Gasteiger partial charge in [0.2, 0.25) is 11.8 Å². The van der Waals surface area contributed by atoms with Crippen LogP contribution in [0.1, 0.15) is 18.6 Å². The average molecular weight is 604 g/mol. The fraction of sp³-hybridized carbons (Fsp3) is 0.259. The maximum atomic E-state index is 13.9. The second-order valence-corrected chi connectivity index (χ2v) is 12.5. The number of para-hydroxylation sites is 1. The highest BCUT2D eigenvalue weighted by molar-refractivity contribution is 8.16. The van der Waals surface area contributed by atoms with Crippen molar-refractivity contribution < 1.29 is 32.1 Å². The summed E-state index contributed by atoms with van der Waals surface area (Å²) < 4.78 is 60.0. The Balaban J connectivity index is 1.80. The van der Waals surface area contributed by atoms with Crippen LogP contribution in [-0.4, -0.2) is 72.0 Å². The molecule has 14 heteroatoms. The number of rotatable bonds is 11. The number of halogens is 1.